The second-order valence-electron chi connectivity index (χ2n) is 4.15. The average molecular weight is 276 g/mol. The summed E-state index contributed by atoms with van der Waals surface area (Å²) in [5, 5.41) is 3.75. The normalized spacial score (nSPS) is 24.6. The van der Waals surface area contributed by atoms with Crippen LogP contribution in [0.4, 0.5) is 10.2 Å². The average Bonchev–Trinajstić information content (AvgIpc) is 2.34. The van der Waals surface area contributed by atoms with Gasteiger partial charge in [-0.25, -0.2) is 9.37 Å². The first-order valence-corrected chi connectivity index (χ1v) is 7.34. The van der Waals surface area contributed by atoms with Crippen LogP contribution in [-0.2, 0) is 0 Å². The van der Waals surface area contributed by atoms with Gasteiger partial charge in [0, 0.05) is 11.3 Å². The van der Waals surface area contributed by atoms with Crippen molar-refractivity contribution in [1.29, 1.82) is 0 Å². The molecule has 0 bridgehead atoms. The van der Waals surface area contributed by atoms with Gasteiger partial charge in [-0.1, -0.05) is 12.8 Å². The number of rotatable bonds is 3. The van der Waals surface area contributed by atoms with Crippen LogP contribution < -0.4 is 5.32 Å². The van der Waals surface area contributed by atoms with Gasteiger partial charge in [-0.05, 0) is 30.7 Å². The van der Waals surface area contributed by atoms with Crippen LogP contribution >= 0.6 is 23.4 Å². The maximum Gasteiger partial charge on any atom is 0.224 e. The van der Waals surface area contributed by atoms with E-state index in [1.54, 1.807) is 0 Å². The summed E-state index contributed by atoms with van der Waals surface area (Å²) in [6.45, 7) is 0. The van der Waals surface area contributed by atoms with Gasteiger partial charge in [0.2, 0.25) is 5.28 Å². The smallest absolute Gasteiger partial charge is 0.224 e. The first-order valence-electron chi connectivity index (χ1n) is 5.68. The van der Waals surface area contributed by atoms with E-state index in [0.717, 1.165) is 12.6 Å². The van der Waals surface area contributed by atoms with E-state index in [0.29, 0.717) is 5.25 Å². The lowest BCUT2D eigenvalue weighted by molar-refractivity contribution is 0.471. The van der Waals surface area contributed by atoms with E-state index in [4.69, 9.17) is 11.6 Å². The van der Waals surface area contributed by atoms with Crippen LogP contribution in [0.1, 0.15) is 25.7 Å². The first-order chi connectivity index (χ1) is 8.20. The van der Waals surface area contributed by atoms with E-state index in [9.17, 15) is 4.39 Å². The van der Waals surface area contributed by atoms with Crippen molar-refractivity contribution in [3.8, 4) is 0 Å². The Morgan fingerprint density at radius 3 is 3.00 bits per heavy atom. The number of halogens is 2. The number of nitrogens with one attached hydrogen (secondary N) is 1. The Bertz CT molecular complexity index is 391. The first kappa shape index (κ1) is 12.9. The molecule has 2 atom stereocenters. The van der Waals surface area contributed by atoms with Gasteiger partial charge in [0.1, 0.15) is 0 Å². The largest absolute Gasteiger partial charge is 0.364 e. The SMILES string of the molecule is CSC1CCCCC1Nc1nc(Cl)ncc1F. The molecule has 1 saturated carbocycles. The van der Waals surface area contributed by atoms with Crippen LogP contribution in [0, 0.1) is 5.82 Å². The Morgan fingerprint density at radius 1 is 1.47 bits per heavy atom. The lowest BCUT2D eigenvalue weighted by atomic mass is 9.95. The summed E-state index contributed by atoms with van der Waals surface area (Å²) in [7, 11) is 0. The highest BCUT2D eigenvalue weighted by Gasteiger charge is 2.25. The Balaban J connectivity index is 2.10. The minimum absolute atomic E-state index is 0.0745. The fraction of sp³-hybridized carbons (Fsp3) is 0.636. The zero-order chi connectivity index (χ0) is 12.3. The Kier molecular flexibility index (Phi) is 4.45. The minimum Gasteiger partial charge on any atom is -0.364 e. The summed E-state index contributed by atoms with van der Waals surface area (Å²) in [5.74, 6) is -0.226. The molecule has 94 valence electrons. The Morgan fingerprint density at radius 2 is 2.24 bits per heavy atom. The van der Waals surface area contributed by atoms with Crippen LogP contribution in [0.2, 0.25) is 5.28 Å². The predicted molar refractivity (Wildman–Crippen MR) is 70.2 cm³/mol. The Hall–Kier alpha value is -0.550. The molecule has 0 saturated heterocycles. The predicted octanol–water partition coefficient (Wildman–Crippen LogP) is 3.36. The molecule has 1 aliphatic carbocycles. The quantitative estimate of drug-likeness (QED) is 0.859. The van der Waals surface area contributed by atoms with E-state index >= 15 is 0 Å². The van der Waals surface area contributed by atoms with Crippen molar-refractivity contribution in [3.05, 3.63) is 17.3 Å². The third kappa shape index (κ3) is 3.22. The van der Waals surface area contributed by atoms with E-state index in [1.165, 1.54) is 19.3 Å². The molecule has 1 aromatic heterocycles. The third-order valence-electron chi connectivity index (χ3n) is 3.04. The molecule has 6 heteroatoms. The molecular formula is C11H15ClFN3S. The van der Waals surface area contributed by atoms with Gasteiger partial charge in [-0.15, -0.1) is 0 Å². The van der Waals surface area contributed by atoms with Gasteiger partial charge in [0.05, 0.1) is 6.20 Å². The Labute approximate surface area is 110 Å². The highest BCUT2D eigenvalue weighted by atomic mass is 35.5. The summed E-state index contributed by atoms with van der Waals surface area (Å²) in [6.07, 6.45) is 7.83. The lowest BCUT2D eigenvalue weighted by Crippen LogP contribution is -2.34. The van der Waals surface area contributed by atoms with Crippen molar-refractivity contribution in [2.24, 2.45) is 0 Å². The molecule has 1 aromatic rings. The molecular weight excluding hydrogens is 261 g/mol. The lowest BCUT2D eigenvalue weighted by Gasteiger charge is -2.31. The fourth-order valence-corrected chi connectivity index (χ4v) is 3.23. The zero-order valence-electron chi connectivity index (χ0n) is 9.62. The molecule has 0 aromatic carbocycles. The molecule has 2 unspecified atom stereocenters. The monoisotopic (exact) mass is 275 g/mol. The van der Waals surface area contributed by atoms with E-state index in [1.807, 2.05) is 11.8 Å². The van der Waals surface area contributed by atoms with Gasteiger partial charge < -0.3 is 5.32 Å². The van der Waals surface area contributed by atoms with Crippen molar-refractivity contribution in [2.75, 3.05) is 11.6 Å². The van der Waals surface area contributed by atoms with Crippen LogP contribution in [0.15, 0.2) is 6.20 Å². The van der Waals surface area contributed by atoms with Crippen molar-refractivity contribution in [1.82, 2.24) is 9.97 Å². The molecule has 0 amide bonds. The number of anilines is 1. The minimum atomic E-state index is -0.445. The summed E-state index contributed by atoms with van der Waals surface area (Å²) in [5.41, 5.74) is 0. The molecule has 1 heterocycles. The standard InChI is InChI=1S/C11H15ClFN3S/c1-17-9-5-3-2-4-8(9)15-10-7(13)6-14-11(12)16-10/h6,8-9H,2-5H2,1H3,(H,14,15,16). The van der Waals surface area contributed by atoms with Crippen LogP contribution in [0.5, 0.6) is 0 Å². The maximum absolute atomic E-state index is 13.5. The molecule has 3 nitrogen and oxygen atoms in total. The summed E-state index contributed by atoms with van der Waals surface area (Å²) in [6, 6.07) is 0.263. The van der Waals surface area contributed by atoms with Crippen LogP contribution in [-0.4, -0.2) is 27.5 Å². The number of aromatic nitrogens is 2. The number of thioether (sulfide) groups is 1. The molecule has 2 rings (SSSR count). The number of hydrogen-bond acceptors (Lipinski definition) is 4. The summed E-state index contributed by atoms with van der Waals surface area (Å²) < 4.78 is 13.5. The van der Waals surface area contributed by atoms with Crippen molar-refractivity contribution >= 4 is 29.2 Å². The highest BCUT2D eigenvalue weighted by Crippen LogP contribution is 2.29. The maximum atomic E-state index is 13.5. The van der Waals surface area contributed by atoms with Crippen LogP contribution in [0.3, 0.4) is 0 Å². The van der Waals surface area contributed by atoms with Crippen molar-refractivity contribution < 1.29 is 4.39 Å². The van der Waals surface area contributed by atoms with E-state index < -0.39 is 5.82 Å². The summed E-state index contributed by atoms with van der Waals surface area (Å²) >= 11 is 7.49. The molecule has 17 heavy (non-hydrogen) atoms. The number of hydrogen-bond donors (Lipinski definition) is 1. The molecule has 0 aliphatic heterocycles. The molecule has 0 spiro atoms. The zero-order valence-corrected chi connectivity index (χ0v) is 11.2. The molecule has 1 N–H and O–H groups in total. The van der Waals surface area contributed by atoms with Crippen molar-refractivity contribution in [3.63, 3.8) is 0 Å². The molecule has 1 aliphatic rings. The van der Waals surface area contributed by atoms with Gasteiger partial charge >= 0.3 is 0 Å². The van der Waals surface area contributed by atoms with Gasteiger partial charge in [-0.3, -0.25) is 0 Å². The van der Waals surface area contributed by atoms with Gasteiger partial charge in [-0.2, -0.15) is 16.7 Å². The van der Waals surface area contributed by atoms with E-state index in [-0.39, 0.29) is 17.1 Å². The second kappa shape index (κ2) is 5.87. The second-order valence-corrected chi connectivity index (χ2v) is 5.56. The molecule has 0 radical (unpaired) electrons. The number of nitrogens with zero attached hydrogens (tertiary/aromatic N) is 2. The van der Waals surface area contributed by atoms with Crippen molar-refractivity contribution in [2.45, 2.75) is 37.0 Å². The molecule has 1 fully saturated rings. The third-order valence-corrected chi connectivity index (χ3v) is 4.39. The van der Waals surface area contributed by atoms with Gasteiger partial charge in [0.25, 0.3) is 0 Å². The fourth-order valence-electron chi connectivity index (χ4n) is 2.17. The van der Waals surface area contributed by atoms with E-state index in [2.05, 4.69) is 21.5 Å². The van der Waals surface area contributed by atoms with Gasteiger partial charge in [0.15, 0.2) is 11.6 Å². The summed E-state index contributed by atoms with van der Waals surface area (Å²) in [4.78, 5) is 7.50. The van der Waals surface area contributed by atoms with Crippen LogP contribution in [0.25, 0.3) is 0 Å². The topological polar surface area (TPSA) is 37.8 Å². The highest BCUT2D eigenvalue weighted by molar-refractivity contribution is 7.99.